The Kier molecular flexibility index (Phi) is 7.00. The number of hydrogen-bond acceptors (Lipinski definition) is 1. The summed E-state index contributed by atoms with van der Waals surface area (Å²) in [5.41, 5.74) is 17.3. The van der Waals surface area contributed by atoms with E-state index in [0.717, 1.165) is 17.1 Å². The van der Waals surface area contributed by atoms with E-state index in [-0.39, 0.29) is 0 Å². The Hall–Kier alpha value is -6.58. The fourth-order valence-corrected chi connectivity index (χ4v) is 8.40. The molecule has 0 amide bonds. The molecule has 0 aliphatic heterocycles. The first-order chi connectivity index (χ1) is 25.6. The second-order valence-electron chi connectivity index (χ2n) is 13.9. The Balaban J connectivity index is 1.07. The van der Waals surface area contributed by atoms with E-state index in [2.05, 4.69) is 210 Å². The van der Waals surface area contributed by atoms with Crippen LogP contribution >= 0.6 is 0 Å². The summed E-state index contributed by atoms with van der Waals surface area (Å²) in [4.78, 5) is 2.41. The molecule has 3 heteroatoms. The van der Waals surface area contributed by atoms with Crippen LogP contribution in [0.4, 0.5) is 17.1 Å². The van der Waals surface area contributed by atoms with E-state index in [1.54, 1.807) is 0 Å². The highest BCUT2D eigenvalue weighted by molar-refractivity contribution is 6.10. The number of nitrogens with zero attached hydrogens (tertiary/aromatic N) is 3. The van der Waals surface area contributed by atoms with Gasteiger partial charge in [0, 0.05) is 57.5 Å². The van der Waals surface area contributed by atoms with Crippen LogP contribution < -0.4 is 4.90 Å². The summed E-state index contributed by atoms with van der Waals surface area (Å²) in [6, 6.07) is 62.1. The minimum absolute atomic E-state index is 0.344. The van der Waals surface area contributed by atoms with Gasteiger partial charge < -0.3 is 14.0 Å². The molecule has 0 radical (unpaired) electrons. The number of rotatable bonds is 6. The molecular formula is C49H37N3. The molecule has 1 aliphatic carbocycles. The van der Waals surface area contributed by atoms with Crippen molar-refractivity contribution in [2.24, 2.45) is 0 Å². The second-order valence-corrected chi connectivity index (χ2v) is 13.9. The van der Waals surface area contributed by atoms with Gasteiger partial charge in [0.15, 0.2) is 0 Å². The van der Waals surface area contributed by atoms with Crippen LogP contribution in [0.15, 0.2) is 182 Å². The summed E-state index contributed by atoms with van der Waals surface area (Å²) in [5.74, 6) is 0.344. The molecule has 9 aromatic rings. The van der Waals surface area contributed by atoms with E-state index in [4.69, 9.17) is 0 Å². The Morgan fingerprint density at radius 2 is 1.13 bits per heavy atom. The Bertz CT molecular complexity index is 2750. The van der Waals surface area contributed by atoms with E-state index in [1.807, 2.05) is 0 Å². The molecule has 10 rings (SSSR count). The number of para-hydroxylation sites is 2. The third kappa shape index (κ3) is 4.81. The first-order valence-electron chi connectivity index (χ1n) is 18.1. The first kappa shape index (κ1) is 30.3. The van der Waals surface area contributed by atoms with Crippen LogP contribution in [0.5, 0.6) is 0 Å². The van der Waals surface area contributed by atoms with Crippen LogP contribution in [-0.2, 0) is 0 Å². The number of aryl methyl sites for hydroxylation is 1. The number of fused-ring (bicyclic) bond motifs is 6. The maximum absolute atomic E-state index is 2.41. The molecule has 0 bridgehead atoms. The summed E-state index contributed by atoms with van der Waals surface area (Å²) in [6.45, 7) is 4.53. The summed E-state index contributed by atoms with van der Waals surface area (Å²) in [6.07, 6.45) is 4.21. The molecule has 0 fully saturated rings. The zero-order valence-corrected chi connectivity index (χ0v) is 29.2. The lowest BCUT2D eigenvalue weighted by atomic mass is 9.98. The fourth-order valence-electron chi connectivity index (χ4n) is 8.40. The maximum atomic E-state index is 2.41. The molecule has 52 heavy (non-hydrogen) atoms. The molecule has 2 aromatic heterocycles. The van der Waals surface area contributed by atoms with Gasteiger partial charge in [-0.3, -0.25) is 0 Å². The third-order valence-corrected chi connectivity index (χ3v) is 10.9. The largest absolute Gasteiger partial charge is 0.324 e. The Labute approximate surface area is 304 Å². The summed E-state index contributed by atoms with van der Waals surface area (Å²) < 4.78 is 4.55. The van der Waals surface area contributed by atoms with Gasteiger partial charge in [0.25, 0.3) is 0 Å². The predicted octanol–water partition coefficient (Wildman–Crippen LogP) is 13.2. The van der Waals surface area contributed by atoms with Gasteiger partial charge in [0.1, 0.15) is 0 Å². The van der Waals surface area contributed by atoms with Crippen molar-refractivity contribution in [2.45, 2.75) is 19.8 Å². The second kappa shape index (κ2) is 12.0. The van der Waals surface area contributed by atoms with Crippen molar-refractivity contribution in [3.8, 4) is 33.6 Å². The van der Waals surface area contributed by atoms with Crippen molar-refractivity contribution >= 4 is 38.9 Å². The fraction of sp³-hybridized carbons (Fsp3) is 0.0612. The van der Waals surface area contributed by atoms with E-state index >= 15 is 0 Å². The monoisotopic (exact) mass is 667 g/mol. The van der Waals surface area contributed by atoms with Gasteiger partial charge in [-0.05, 0) is 131 Å². The van der Waals surface area contributed by atoms with Crippen LogP contribution in [0.3, 0.4) is 0 Å². The van der Waals surface area contributed by atoms with Crippen LogP contribution in [0.1, 0.15) is 29.5 Å². The Morgan fingerprint density at radius 1 is 0.481 bits per heavy atom. The standard InChI is InChI=1S/C49H37N3/c1-33-30-39(24-27-47(33)50-28-10-11-29-50)51(40-23-25-43-42-15-7-6-14-41(42)34(2)45(43)32-40)38-21-18-35(19-22-38)36-20-26-49-46(31-36)44-16-8-9-17-48(44)52(49)37-12-4-3-5-13-37/h3-32,34H,1-2H3. The van der Waals surface area contributed by atoms with Crippen LogP contribution in [0, 0.1) is 6.92 Å². The van der Waals surface area contributed by atoms with Crippen LogP contribution in [-0.4, -0.2) is 9.13 Å². The van der Waals surface area contributed by atoms with Crippen LogP contribution in [0.25, 0.3) is 55.4 Å². The smallest absolute Gasteiger partial charge is 0.0541 e. The highest BCUT2D eigenvalue weighted by Gasteiger charge is 2.26. The van der Waals surface area contributed by atoms with Crippen molar-refractivity contribution in [2.75, 3.05) is 4.90 Å². The lowest BCUT2D eigenvalue weighted by molar-refractivity contribution is 0.956. The van der Waals surface area contributed by atoms with Gasteiger partial charge in [-0.2, -0.15) is 0 Å². The average molecular weight is 668 g/mol. The van der Waals surface area contributed by atoms with Crippen molar-refractivity contribution < 1.29 is 0 Å². The van der Waals surface area contributed by atoms with Crippen molar-refractivity contribution in [1.82, 2.24) is 9.13 Å². The van der Waals surface area contributed by atoms with Crippen LogP contribution in [0.2, 0.25) is 0 Å². The predicted molar refractivity (Wildman–Crippen MR) is 218 cm³/mol. The normalized spacial score (nSPS) is 13.4. The van der Waals surface area contributed by atoms with Gasteiger partial charge in [0.05, 0.1) is 11.0 Å². The quantitative estimate of drug-likeness (QED) is 0.172. The SMILES string of the molecule is Cc1cc(N(c2ccc(-c3ccc4c(c3)c3ccccc3n4-c3ccccc3)cc2)c2ccc3c(c2)C(C)c2ccccc2-3)ccc1-n1cccc1. The molecule has 1 unspecified atom stereocenters. The lowest BCUT2D eigenvalue weighted by Gasteiger charge is -2.27. The maximum Gasteiger partial charge on any atom is 0.0541 e. The number of hydrogen-bond donors (Lipinski definition) is 0. The van der Waals surface area contributed by atoms with E-state index in [1.165, 1.54) is 72.1 Å². The van der Waals surface area contributed by atoms with E-state index in [0.29, 0.717) is 5.92 Å². The number of anilines is 3. The third-order valence-electron chi connectivity index (χ3n) is 10.9. The zero-order valence-electron chi connectivity index (χ0n) is 29.2. The number of aromatic nitrogens is 2. The van der Waals surface area contributed by atoms with Gasteiger partial charge in [-0.25, -0.2) is 0 Å². The van der Waals surface area contributed by atoms with Gasteiger partial charge in [0.2, 0.25) is 0 Å². The number of benzene rings is 7. The van der Waals surface area contributed by atoms with Crippen molar-refractivity contribution in [3.63, 3.8) is 0 Å². The molecule has 1 atom stereocenters. The molecule has 1 aliphatic rings. The van der Waals surface area contributed by atoms with Gasteiger partial charge >= 0.3 is 0 Å². The molecule has 0 saturated carbocycles. The molecule has 3 nitrogen and oxygen atoms in total. The zero-order chi connectivity index (χ0) is 34.8. The minimum atomic E-state index is 0.344. The Morgan fingerprint density at radius 3 is 1.96 bits per heavy atom. The molecule has 248 valence electrons. The highest BCUT2D eigenvalue weighted by atomic mass is 15.1. The van der Waals surface area contributed by atoms with Crippen molar-refractivity contribution in [1.29, 1.82) is 0 Å². The summed E-state index contributed by atoms with van der Waals surface area (Å²) >= 11 is 0. The van der Waals surface area contributed by atoms with E-state index < -0.39 is 0 Å². The average Bonchev–Trinajstić information content (AvgIpc) is 3.92. The first-order valence-corrected chi connectivity index (χ1v) is 18.1. The lowest BCUT2D eigenvalue weighted by Crippen LogP contribution is -2.11. The molecule has 2 heterocycles. The van der Waals surface area contributed by atoms with Gasteiger partial charge in [-0.1, -0.05) is 91.9 Å². The molecule has 0 N–H and O–H groups in total. The molecular weight excluding hydrogens is 631 g/mol. The molecule has 0 saturated heterocycles. The molecule has 0 spiro atoms. The highest BCUT2D eigenvalue weighted by Crippen LogP contribution is 2.47. The minimum Gasteiger partial charge on any atom is -0.324 e. The molecule has 7 aromatic carbocycles. The summed E-state index contributed by atoms with van der Waals surface area (Å²) in [7, 11) is 0. The van der Waals surface area contributed by atoms with Crippen molar-refractivity contribution in [3.05, 3.63) is 199 Å². The topological polar surface area (TPSA) is 13.1 Å². The van der Waals surface area contributed by atoms with E-state index in [9.17, 15) is 0 Å². The van der Waals surface area contributed by atoms with Gasteiger partial charge in [-0.15, -0.1) is 0 Å². The summed E-state index contributed by atoms with van der Waals surface area (Å²) in [5, 5.41) is 2.52.